The molecule has 1 aliphatic heterocycles. The number of ether oxygens (including phenoxy) is 1. The summed E-state index contributed by atoms with van der Waals surface area (Å²) in [6.45, 7) is 0. The highest BCUT2D eigenvalue weighted by Crippen LogP contribution is 2.64. The van der Waals surface area contributed by atoms with Crippen LogP contribution in [0.1, 0.15) is 22.3 Å². The van der Waals surface area contributed by atoms with Crippen LogP contribution in [0, 0.1) is 0 Å². The number of benzene rings is 9. The highest BCUT2D eigenvalue weighted by molar-refractivity contribution is 9.10. The van der Waals surface area contributed by atoms with Crippen LogP contribution in [0.3, 0.4) is 0 Å². The SMILES string of the molecule is Clc1cc(Br)cc(N(c2ccc3c(c2)Oc2ccccc2[Si]3(c2ccccc2)c2ccccc2)c2cccc3c2-c2ccccc2C32c3ccccc3-c3ccccc32)c1. The smallest absolute Gasteiger partial charge is 0.188 e. The Morgan fingerprint density at radius 1 is 0.450 bits per heavy atom. The van der Waals surface area contributed by atoms with E-state index in [4.69, 9.17) is 16.3 Å². The first-order chi connectivity index (χ1) is 29.6. The van der Waals surface area contributed by atoms with Crippen LogP contribution < -0.4 is 30.4 Å². The predicted octanol–water partition coefficient (Wildman–Crippen LogP) is 12.4. The maximum atomic E-state index is 7.06. The van der Waals surface area contributed by atoms with Gasteiger partial charge in [0.15, 0.2) is 8.07 Å². The van der Waals surface area contributed by atoms with Crippen molar-refractivity contribution in [1.82, 2.24) is 0 Å². The minimum Gasteiger partial charge on any atom is -0.457 e. The standard InChI is InChI=1S/C55H35BrClNOSi/c56-36-32-37(57)34-39(33-36)58(38-30-31-53-51(35-38)59-50-28-13-14-29-52(50)60(53,40-16-3-1-4-17-40)41-18-5-2-6-19-41)49-27-15-26-48-54(49)44-22-9-12-25-47(44)55(48)45-23-10-7-20-42(45)43-21-8-11-24-46(43)55/h1-35H. The lowest BCUT2D eigenvalue weighted by Crippen LogP contribution is -2.76. The van der Waals surface area contributed by atoms with Crippen LogP contribution in [-0.4, -0.2) is 8.07 Å². The Morgan fingerprint density at radius 2 is 1.00 bits per heavy atom. The molecule has 284 valence electrons. The van der Waals surface area contributed by atoms with E-state index >= 15 is 0 Å². The quantitative estimate of drug-likeness (QED) is 0.160. The molecule has 0 unspecified atom stereocenters. The highest BCUT2D eigenvalue weighted by Gasteiger charge is 2.53. The molecule has 0 saturated heterocycles. The molecule has 0 aromatic heterocycles. The molecule has 0 fully saturated rings. The van der Waals surface area contributed by atoms with E-state index in [1.807, 2.05) is 6.07 Å². The lowest BCUT2D eigenvalue weighted by molar-refractivity contribution is 0.487. The summed E-state index contributed by atoms with van der Waals surface area (Å²) >= 11 is 10.8. The summed E-state index contributed by atoms with van der Waals surface area (Å²) in [6.07, 6.45) is 0. The maximum absolute atomic E-state index is 7.06. The number of halogens is 2. The number of hydrogen-bond acceptors (Lipinski definition) is 2. The number of hydrogen-bond donors (Lipinski definition) is 0. The first-order valence-electron chi connectivity index (χ1n) is 20.3. The maximum Gasteiger partial charge on any atom is 0.188 e. The second kappa shape index (κ2) is 13.6. The van der Waals surface area contributed by atoms with Crippen molar-refractivity contribution in [1.29, 1.82) is 0 Å². The fourth-order valence-electron chi connectivity index (χ4n) is 10.7. The average Bonchev–Trinajstić information content (AvgIpc) is 3.77. The topological polar surface area (TPSA) is 12.5 Å². The van der Waals surface area contributed by atoms with Crippen LogP contribution in [0.5, 0.6) is 11.5 Å². The normalized spacial score (nSPS) is 14.2. The Bertz CT molecular complexity index is 3080. The van der Waals surface area contributed by atoms with Crippen molar-refractivity contribution in [3.8, 4) is 33.8 Å². The van der Waals surface area contributed by atoms with Crippen molar-refractivity contribution >= 4 is 73.4 Å². The molecule has 0 amide bonds. The number of fused-ring (bicyclic) bond motifs is 12. The van der Waals surface area contributed by atoms with E-state index in [1.54, 1.807) is 0 Å². The molecule has 2 aliphatic carbocycles. The van der Waals surface area contributed by atoms with Gasteiger partial charge in [0.1, 0.15) is 11.5 Å². The molecule has 9 aromatic carbocycles. The number of para-hydroxylation sites is 1. The minimum absolute atomic E-state index is 0.477. The van der Waals surface area contributed by atoms with Crippen molar-refractivity contribution in [3.05, 3.63) is 244 Å². The van der Waals surface area contributed by atoms with Gasteiger partial charge in [0.05, 0.1) is 11.1 Å². The summed E-state index contributed by atoms with van der Waals surface area (Å²) in [4.78, 5) is 2.37. The number of nitrogens with zero attached hydrogens (tertiary/aromatic N) is 1. The van der Waals surface area contributed by atoms with Crippen LogP contribution in [0.4, 0.5) is 17.1 Å². The Hall–Kier alpha value is -6.43. The van der Waals surface area contributed by atoms with E-state index in [-0.39, 0.29) is 0 Å². The van der Waals surface area contributed by atoms with E-state index in [0.29, 0.717) is 5.02 Å². The second-order valence-corrected chi connectivity index (χ2v) is 20.9. The van der Waals surface area contributed by atoms with Gasteiger partial charge in [0, 0.05) is 32.5 Å². The van der Waals surface area contributed by atoms with Crippen LogP contribution in [0.25, 0.3) is 22.3 Å². The zero-order valence-electron chi connectivity index (χ0n) is 32.3. The van der Waals surface area contributed by atoms with E-state index in [2.05, 4.69) is 227 Å². The van der Waals surface area contributed by atoms with Gasteiger partial charge in [-0.25, -0.2) is 0 Å². The van der Waals surface area contributed by atoms with Crippen molar-refractivity contribution in [2.45, 2.75) is 5.41 Å². The Labute approximate surface area is 364 Å². The first-order valence-corrected chi connectivity index (χ1v) is 23.5. The van der Waals surface area contributed by atoms with Gasteiger partial charge in [0.2, 0.25) is 0 Å². The predicted molar refractivity (Wildman–Crippen MR) is 254 cm³/mol. The number of rotatable bonds is 5. The zero-order chi connectivity index (χ0) is 40.0. The van der Waals surface area contributed by atoms with Gasteiger partial charge in [-0.05, 0) is 96.1 Å². The molecule has 5 heteroatoms. The molecule has 1 heterocycles. The molecular formula is C55H35BrClNOSi. The third-order valence-electron chi connectivity index (χ3n) is 12.9. The lowest BCUT2D eigenvalue weighted by atomic mass is 9.70. The van der Waals surface area contributed by atoms with Gasteiger partial charge in [-0.15, -0.1) is 0 Å². The Kier molecular flexibility index (Phi) is 8.02. The molecule has 0 radical (unpaired) electrons. The van der Waals surface area contributed by atoms with Crippen molar-refractivity contribution in [3.63, 3.8) is 0 Å². The lowest BCUT2D eigenvalue weighted by Gasteiger charge is -2.40. The van der Waals surface area contributed by atoms with Crippen molar-refractivity contribution in [2.24, 2.45) is 0 Å². The molecular weight excluding hydrogens is 834 g/mol. The average molecular weight is 869 g/mol. The second-order valence-electron chi connectivity index (χ2n) is 15.8. The summed E-state index contributed by atoms with van der Waals surface area (Å²) in [6, 6.07) is 77.5. The zero-order valence-corrected chi connectivity index (χ0v) is 35.7. The molecule has 0 saturated carbocycles. The molecule has 0 bridgehead atoms. The van der Waals surface area contributed by atoms with E-state index in [0.717, 1.165) is 33.0 Å². The molecule has 3 aliphatic rings. The van der Waals surface area contributed by atoms with Gasteiger partial charge in [-0.2, -0.15) is 0 Å². The van der Waals surface area contributed by atoms with E-state index in [1.165, 1.54) is 65.3 Å². The van der Waals surface area contributed by atoms with Crippen molar-refractivity contribution < 1.29 is 4.74 Å². The van der Waals surface area contributed by atoms with Crippen LogP contribution in [-0.2, 0) is 5.41 Å². The first kappa shape index (κ1) is 35.5. The van der Waals surface area contributed by atoms with Crippen LogP contribution >= 0.6 is 27.5 Å². The largest absolute Gasteiger partial charge is 0.457 e. The molecule has 60 heavy (non-hydrogen) atoms. The fourth-order valence-corrected chi connectivity index (χ4v) is 16.5. The summed E-state index contributed by atoms with van der Waals surface area (Å²) in [5, 5.41) is 5.75. The third kappa shape index (κ3) is 4.87. The molecule has 9 aromatic rings. The monoisotopic (exact) mass is 867 g/mol. The van der Waals surface area contributed by atoms with E-state index in [9.17, 15) is 0 Å². The molecule has 0 N–H and O–H groups in total. The van der Waals surface area contributed by atoms with Crippen molar-refractivity contribution in [2.75, 3.05) is 4.90 Å². The Morgan fingerprint density at radius 3 is 1.67 bits per heavy atom. The summed E-state index contributed by atoms with van der Waals surface area (Å²) in [5.41, 5.74) is 12.7. The summed E-state index contributed by atoms with van der Waals surface area (Å²) in [7, 11) is -2.84. The minimum atomic E-state index is -2.84. The highest BCUT2D eigenvalue weighted by atomic mass is 79.9. The molecule has 12 rings (SSSR count). The van der Waals surface area contributed by atoms with Crippen LogP contribution in [0.2, 0.25) is 5.02 Å². The molecule has 0 atom stereocenters. The van der Waals surface area contributed by atoms with Gasteiger partial charge in [-0.3, -0.25) is 0 Å². The van der Waals surface area contributed by atoms with Gasteiger partial charge >= 0.3 is 0 Å². The summed E-state index contributed by atoms with van der Waals surface area (Å²) in [5.74, 6) is 1.76. The third-order valence-corrected chi connectivity index (χ3v) is 18.4. The van der Waals surface area contributed by atoms with Gasteiger partial charge in [-0.1, -0.05) is 197 Å². The van der Waals surface area contributed by atoms with Gasteiger partial charge < -0.3 is 9.64 Å². The molecule has 2 nitrogen and oxygen atoms in total. The number of anilines is 3. The Balaban J connectivity index is 1.14. The van der Waals surface area contributed by atoms with Crippen LogP contribution in [0.15, 0.2) is 217 Å². The molecule has 1 spiro atoms. The van der Waals surface area contributed by atoms with Gasteiger partial charge in [0.25, 0.3) is 0 Å². The van der Waals surface area contributed by atoms with E-state index < -0.39 is 13.5 Å². The fraction of sp³-hybridized carbons (Fsp3) is 0.0182. The summed E-state index contributed by atoms with van der Waals surface area (Å²) < 4.78 is 7.97.